The summed E-state index contributed by atoms with van der Waals surface area (Å²) >= 11 is 0. The number of fused-ring (bicyclic) bond motifs is 1. The average molecular weight is 259 g/mol. The SMILES string of the molecule is CC1(CNCC2CCCc3ccccc32)CCCO1. The summed E-state index contributed by atoms with van der Waals surface area (Å²) < 4.78 is 5.84. The third-order valence-electron chi connectivity index (χ3n) is 4.68. The Morgan fingerprint density at radius 1 is 1.32 bits per heavy atom. The second kappa shape index (κ2) is 5.64. The van der Waals surface area contributed by atoms with E-state index in [-0.39, 0.29) is 5.60 Å². The van der Waals surface area contributed by atoms with Crippen molar-refractivity contribution in [3.8, 4) is 0 Å². The van der Waals surface area contributed by atoms with Gasteiger partial charge >= 0.3 is 0 Å². The van der Waals surface area contributed by atoms with Gasteiger partial charge in [-0.25, -0.2) is 0 Å². The zero-order chi connectivity index (χ0) is 13.1. The Morgan fingerprint density at radius 3 is 3.05 bits per heavy atom. The predicted octanol–water partition coefficient (Wildman–Crippen LogP) is 3.27. The molecule has 1 aliphatic carbocycles. The van der Waals surface area contributed by atoms with Gasteiger partial charge in [0.1, 0.15) is 0 Å². The highest BCUT2D eigenvalue weighted by molar-refractivity contribution is 5.32. The Hall–Kier alpha value is -0.860. The van der Waals surface area contributed by atoms with E-state index < -0.39 is 0 Å². The van der Waals surface area contributed by atoms with Crippen LogP contribution in [0.25, 0.3) is 0 Å². The summed E-state index contributed by atoms with van der Waals surface area (Å²) in [5, 5.41) is 3.65. The molecule has 2 nitrogen and oxygen atoms in total. The van der Waals surface area contributed by atoms with Gasteiger partial charge in [-0.3, -0.25) is 0 Å². The maximum Gasteiger partial charge on any atom is 0.0779 e. The zero-order valence-electron chi connectivity index (χ0n) is 12.0. The van der Waals surface area contributed by atoms with Crippen LogP contribution < -0.4 is 5.32 Å². The van der Waals surface area contributed by atoms with Crippen molar-refractivity contribution in [3.63, 3.8) is 0 Å². The summed E-state index contributed by atoms with van der Waals surface area (Å²) in [6, 6.07) is 8.96. The molecule has 2 heteroatoms. The normalized spacial score (nSPS) is 30.3. The highest BCUT2D eigenvalue weighted by Crippen LogP contribution is 2.31. The Bertz CT molecular complexity index is 423. The summed E-state index contributed by atoms with van der Waals surface area (Å²) in [6.07, 6.45) is 6.32. The first-order chi connectivity index (χ1) is 9.27. The lowest BCUT2D eigenvalue weighted by Crippen LogP contribution is -2.39. The molecule has 1 aromatic rings. The highest BCUT2D eigenvalue weighted by atomic mass is 16.5. The lowest BCUT2D eigenvalue weighted by Gasteiger charge is -2.28. The molecule has 1 N–H and O–H groups in total. The van der Waals surface area contributed by atoms with Gasteiger partial charge in [0.15, 0.2) is 0 Å². The molecule has 0 radical (unpaired) electrons. The number of ether oxygens (including phenoxy) is 1. The molecule has 1 heterocycles. The molecule has 19 heavy (non-hydrogen) atoms. The van der Waals surface area contributed by atoms with Gasteiger partial charge in [0.05, 0.1) is 5.60 Å². The quantitative estimate of drug-likeness (QED) is 0.896. The first kappa shape index (κ1) is 13.1. The van der Waals surface area contributed by atoms with Crippen LogP contribution in [0.1, 0.15) is 49.7 Å². The van der Waals surface area contributed by atoms with Crippen molar-refractivity contribution in [3.05, 3.63) is 35.4 Å². The van der Waals surface area contributed by atoms with Gasteiger partial charge in [-0.2, -0.15) is 0 Å². The van der Waals surface area contributed by atoms with Crippen LogP contribution in [0.5, 0.6) is 0 Å². The van der Waals surface area contributed by atoms with E-state index in [9.17, 15) is 0 Å². The molecule has 0 spiro atoms. The third kappa shape index (κ3) is 3.01. The van der Waals surface area contributed by atoms with Gasteiger partial charge in [-0.05, 0) is 56.1 Å². The topological polar surface area (TPSA) is 21.3 Å². The highest BCUT2D eigenvalue weighted by Gasteiger charge is 2.29. The lowest BCUT2D eigenvalue weighted by molar-refractivity contribution is 0.0207. The van der Waals surface area contributed by atoms with E-state index in [2.05, 4.69) is 36.5 Å². The van der Waals surface area contributed by atoms with E-state index in [0.29, 0.717) is 5.92 Å². The molecule has 1 fully saturated rings. The van der Waals surface area contributed by atoms with Crippen LogP contribution in [0.15, 0.2) is 24.3 Å². The van der Waals surface area contributed by atoms with E-state index in [0.717, 1.165) is 19.7 Å². The second-order valence-corrected chi connectivity index (χ2v) is 6.32. The van der Waals surface area contributed by atoms with Crippen LogP contribution in [0, 0.1) is 0 Å². The van der Waals surface area contributed by atoms with Crippen LogP contribution in [-0.2, 0) is 11.2 Å². The summed E-state index contributed by atoms with van der Waals surface area (Å²) in [7, 11) is 0. The number of hydrogen-bond acceptors (Lipinski definition) is 2. The molecule has 2 aliphatic rings. The molecule has 2 unspecified atom stereocenters. The smallest absolute Gasteiger partial charge is 0.0779 e. The van der Waals surface area contributed by atoms with Crippen molar-refractivity contribution in [1.29, 1.82) is 0 Å². The van der Waals surface area contributed by atoms with Gasteiger partial charge < -0.3 is 10.1 Å². The van der Waals surface area contributed by atoms with Gasteiger partial charge in [0.25, 0.3) is 0 Å². The summed E-state index contributed by atoms with van der Waals surface area (Å²) in [6.45, 7) is 5.26. The fourth-order valence-electron chi connectivity index (χ4n) is 3.55. The van der Waals surface area contributed by atoms with Crippen molar-refractivity contribution < 1.29 is 4.74 Å². The zero-order valence-corrected chi connectivity index (χ0v) is 12.0. The van der Waals surface area contributed by atoms with Crippen molar-refractivity contribution in [2.45, 2.75) is 50.5 Å². The molecule has 104 valence electrons. The van der Waals surface area contributed by atoms with Crippen molar-refractivity contribution in [2.75, 3.05) is 19.7 Å². The Balaban J connectivity index is 1.56. The fourth-order valence-corrected chi connectivity index (χ4v) is 3.55. The minimum atomic E-state index is 0.0776. The number of rotatable bonds is 4. The number of hydrogen-bond donors (Lipinski definition) is 1. The van der Waals surface area contributed by atoms with Gasteiger partial charge in [0, 0.05) is 19.7 Å². The molecule has 0 amide bonds. The molecule has 1 aliphatic heterocycles. The predicted molar refractivity (Wildman–Crippen MR) is 78.6 cm³/mol. The molecule has 1 saturated heterocycles. The van der Waals surface area contributed by atoms with Crippen LogP contribution in [-0.4, -0.2) is 25.3 Å². The maximum absolute atomic E-state index is 5.84. The van der Waals surface area contributed by atoms with Crippen LogP contribution in [0.4, 0.5) is 0 Å². The molecule has 3 rings (SSSR count). The van der Waals surface area contributed by atoms with Gasteiger partial charge in [-0.15, -0.1) is 0 Å². The Morgan fingerprint density at radius 2 is 2.21 bits per heavy atom. The van der Waals surface area contributed by atoms with Crippen LogP contribution in [0.2, 0.25) is 0 Å². The Labute approximate surface area is 116 Å². The van der Waals surface area contributed by atoms with Crippen LogP contribution in [0.3, 0.4) is 0 Å². The van der Waals surface area contributed by atoms with Crippen molar-refractivity contribution >= 4 is 0 Å². The molecule has 0 bridgehead atoms. The molecular formula is C17H25NO. The molecule has 0 aromatic heterocycles. The molecule has 1 aromatic carbocycles. The van der Waals surface area contributed by atoms with E-state index in [1.807, 2.05) is 0 Å². The fraction of sp³-hybridized carbons (Fsp3) is 0.647. The van der Waals surface area contributed by atoms with Crippen LogP contribution >= 0.6 is 0 Å². The van der Waals surface area contributed by atoms with Gasteiger partial charge in [0.2, 0.25) is 0 Å². The van der Waals surface area contributed by atoms with Gasteiger partial charge in [-0.1, -0.05) is 24.3 Å². The summed E-state index contributed by atoms with van der Waals surface area (Å²) in [4.78, 5) is 0. The average Bonchev–Trinajstić information content (AvgIpc) is 2.86. The largest absolute Gasteiger partial charge is 0.374 e. The number of nitrogens with one attached hydrogen (secondary N) is 1. The Kier molecular flexibility index (Phi) is 3.90. The lowest BCUT2D eigenvalue weighted by atomic mass is 9.83. The number of benzene rings is 1. The number of aryl methyl sites for hydroxylation is 1. The van der Waals surface area contributed by atoms with E-state index in [1.165, 1.54) is 32.1 Å². The van der Waals surface area contributed by atoms with E-state index in [4.69, 9.17) is 4.74 Å². The first-order valence-corrected chi connectivity index (χ1v) is 7.69. The maximum atomic E-state index is 5.84. The monoisotopic (exact) mass is 259 g/mol. The standard InChI is InChI=1S/C17H25NO/c1-17(10-5-11-19-17)13-18-12-15-8-4-7-14-6-2-3-9-16(14)15/h2-3,6,9,15,18H,4-5,7-8,10-13H2,1H3. The van der Waals surface area contributed by atoms with Crippen molar-refractivity contribution in [1.82, 2.24) is 5.32 Å². The minimum Gasteiger partial charge on any atom is -0.374 e. The molecular weight excluding hydrogens is 234 g/mol. The van der Waals surface area contributed by atoms with Crippen molar-refractivity contribution in [2.24, 2.45) is 0 Å². The summed E-state index contributed by atoms with van der Waals surface area (Å²) in [5.74, 6) is 0.690. The third-order valence-corrected chi connectivity index (χ3v) is 4.68. The molecule has 0 saturated carbocycles. The first-order valence-electron chi connectivity index (χ1n) is 7.69. The van der Waals surface area contributed by atoms with E-state index in [1.54, 1.807) is 11.1 Å². The minimum absolute atomic E-state index is 0.0776. The second-order valence-electron chi connectivity index (χ2n) is 6.32. The van der Waals surface area contributed by atoms with E-state index >= 15 is 0 Å². The summed E-state index contributed by atoms with van der Waals surface area (Å²) in [5.41, 5.74) is 3.20. The molecule has 2 atom stereocenters.